The van der Waals surface area contributed by atoms with Crippen LogP contribution in [0.1, 0.15) is 38.7 Å². The van der Waals surface area contributed by atoms with Crippen LogP contribution in [0, 0.1) is 0 Å². The molecule has 2 heteroatoms. The number of hydrogen-bond acceptors (Lipinski definition) is 1. The molecule has 1 aromatic carbocycles. The zero-order chi connectivity index (χ0) is 12.0. The number of benzene rings is 1. The zero-order valence-corrected chi connectivity index (χ0v) is 12.0. The molecule has 0 radical (unpaired) electrons. The summed E-state index contributed by atoms with van der Waals surface area (Å²) in [5.74, 6) is 0.437. The fourth-order valence-electron chi connectivity index (χ4n) is 1.38. The molecule has 0 bridgehead atoms. The summed E-state index contributed by atoms with van der Waals surface area (Å²) in [5, 5.41) is 0.941. The molecule has 0 aliphatic carbocycles. The van der Waals surface area contributed by atoms with Gasteiger partial charge in [0.05, 0.1) is 12.2 Å². The molecule has 1 atom stereocenters. The summed E-state index contributed by atoms with van der Waals surface area (Å²) in [5.41, 5.74) is 1.32. The average Bonchev–Trinajstić information content (AvgIpc) is 2.31. The first-order valence-electron chi connectivity index (χ1n) is 5.84. The Balaban J connectivity index is 2.57. The Morgan fingerprint density at radius 1 is 1.25 bits per heavy atom. The first-order valence-corrected chi connectivity index (χ1v) is 6.96. The van der Waals surface area contributed by atoms with Gasteiger partial charge in [-0.15, -0.1) is 0 Å². The third-order valence-electron chi connectivity index (χ3n) is 2.98. The van der Waals surface area contributed by atoms with Crippen LogP contribution < -0.4 is 0 Å². The Morgan fingerprint density at radius 2 is 1.88 bits per heavy atom. The number of halogens is 1. The summed E-state index contributed by atoms with van der Waals surface area (Å²) < 4.78 is 5.96. The highest BCUT2D eigenvalue weighted by Gasteiger charge is 2.18. The first kappa shape index (κ1) is 13.7. The molecule has 0 spiro atoms. The van der Waals surface area contributed by atoms with Crippen molar-refractivity contribution >= 4 is 15.9 Å². The Kier molecular flexibility index (Phi) is 5.50. The van der Waals surface area contributed by atoms with E-state index in [-0.39, 0.29) is 5.60 Å². The van der Waals surface area contributed by atoms with Crippen LogP contribution >= 0.6 is 15.9 Å². The molecule has 1 aromatic rings. The lowest BCUT2D eigenvalue weighted by Gasteiger charge is -2.26. The lowest BCUT2D eigenvalue weighted by molar-refractivity contribution is -0.0249. The average molecular weight is 285 g/mol. The predicted octanol–water partition coefficient (Wildman–Crippen LogP) is 4.37. The molecule has 0 fully saturated rings. The van der Waals surface area contributed by atoms with E-state index in [1.807, 2.05) is 6.07 Å². The minimum absolute atomic E-state index is 0.0187. The molecule has 0 amide bonds. The molecule has 90 valence electrons. The normalized spacial score (nSPS) is 13.8. The van der Waals surface area contributed by atoms with Crippen molar-refractivity contribution in [1.29, 1.82) is 0 Å². The van der Waals surface area contributed by atoms with Crippen LogP contribution in [0.3, 0.4) is 0 Å². The second kappa shape index (κ2) is 6.41. The second-order valence-electron chi connectivity index (χ2n) is 4.69. The minimum atomic E-state index is -0.0187. The van der Waals surface area contributed by atoms with Crippen LogP contribution in [0.25, 0.3) is 0 Å². The Morgan fingerprint density at radius 3 is 2.38 bits per heavy atom. The zero-order valence-electron chi connectivity index (χ0n) is 10.4. The van der Waals surface area contributed by atoms with Gasteiger partial charge in [-0.05, 0) is 25.8 Å². The van der Waals surface area contributed by atoms with Gasteiger partial charge in [-0.2, -0.15) is 0 Å². The van der Waals surface area contributed by atoms with E-state index in [9.17, 15) is 0 Å². The van der Waals surface area contributed by atoms with Crippen molar-refractivity contribution in [2.75, 3.05) is 11.9 Å². The summed E-state index contributed by atoms with van der Waals surface area (Å²) in [4.78, 5) is 0. The molecular formula is C14H21BrO. The Bertz CT molecular complexity index is 295. The largest absolute Gasteiger partial charge is 0.375 e. The van der Waals surface area contributed by atoms with Crippen LogP contribution in [0.15, 0.2) is 30.3 Å². The molecule has 0 N–H and O–H groups in total. The Hall–Kier alpha value is -0.340. The molecule has 0 heterocycles. The predicted molar refractivity (Wildman–Crippen MR) is 73.3 cm³/mol. The lowest BCUT2D eigenvalue weighted by Crippen LogP contribution is -2.26. The van der Waals surface area contributed by atoms with Gasteiger partial charge >= 0.3 is 0 Å². The summed E-state index contributed by atoms with van der Waals surface area (Å²) >= 11 is 3.56. The maximum absolute atomic E-state index is 5.96. The molecule has 1 unspecified atom stereocenters. The van der Waals surface area contributed by atoms with Crippen molar-refractivity contribution in [3.63, 3.8) is 0 Å². The molecule has 0 saturated carbocycles. The number of alkyl halides is 1. The van der Waals surface area contributed by atoms with Gasteiger partial charge in [0, 0.05) is 11.2 Å². The van der Waals surface area contributed by atoms with Gasteiger partial charge in [-0.3, -0.25) is 0 Å². The first-order chi connectivity index (χ1) is 7.59. The third kappa shape index (κ3) is 4.26. The van der Waals surface area contributed by atoms with Crippen LogP contribution in [0.4, 0.5) is 0 Å². The van der Waals surface area contributed by atoms with E-state index in [0.717, 1.165) is 18.4 Å². The van der Waals surface area contributed by atoms with Gasteiger partial charge in [-0.25, -0.2) is 0 Å². The smallest absolute Gasteiger partial charge is 0.0624 e. The van der Waals surface area contributed by atoms with E-state index in [1.165, 1.54) is 5.56 Å². The van der Waals surface area contributed by atoms with E-state index in [1.54, 1.807) is 0 Å². The Labute approximate surface area is 107 Å². The molecular weight excluding hydrogens is 264 g/mol. The maximum Gasteiger partial charge on any atom is 0.0624 e. The van der Waals surface area contributed by atoms with E-state index in [4.69, 9.17) is 4.74 Å². The highest BCUT2D eigenvalue weighted by atomic mass is 79.9. The van der Waals surface area contributed by atoms with Crippen molar-refractivity contribution in [2.45, 2.75) is 38.7 Å². The SMILES string of the molecule is CCC(C)(C)OCC(CBr)c1ccccc1. The lowest BCUT2D eigenvalue weighted by atomic mass is 10.0. The molecule has 0 saturated heterocycles. The molecule has 1 rings (SSSR count). The minimum Gasteiger partial charge on any atom is -0.375 e. The van der Waals surface area contributed by atoms with Gasteiger partial charge in [-0.1, -0.05) is 53.2 Å². The molecule has 0 aromatic heterocycles. The fraction of sp³-hybridized carbons (Fsp3) is 0.571. The van der Waals surface area contributed by atoms with Crippen LogP contribution in [0.5, 0.6) is 0 Å². The summed E-state index contributed by atoms with van der Waals surface area (Å²) in [6, 6.07) is 10.5. The summed E-state index contributed by atoms with van der Waals surface area (Å²) in [7, 11) is 0. The second-order valence-corrected chi connectivity index (χ2v) is 5.33. The summed E-state index contributed by atoms with van der Waals surface area (Å²) in [6.07, 6.45) is 1.04. The van der Waals surface area contributed by atoms with E-state index in [2.05, 4.69) is 61.0 Å². The van der Waals surface area contributed by atoms with Gasteiger partial charge in [0.2, 0.25) is 0 Å². The highest BCUT2D eigenvalue weighted by Crippen LogP contribution is 2.22. The highest BCUT2D eigenvalue weighted by molar-refractivity contribution is 9.09. The molecule has 1 nitrogen and oxygen atoms in total. The number of ether oxygens (including phenoxy) is 1. The van der Waals surface area contributed by atoms with Crippen LogP contribution in [0.2, 0.25) is 0 Å². The van der Waals surface area contributed by atoms with Gasteiger partial charge in [0.1, 0.15) is 0 Å². The monoisotopic (exact) mass is 284 g/mol. The number of hydrogen-bond donors (Lipinski definition) is 0. The summed E-state index contributed by atoms with van der Waals surface area (Å²) in [6.45, 7) is 7.22. The van der Waals surface area contributed by atoms with E-state index in [0.29, 0.717) is 5.92 Å². The van der Waals surface area contributed by atoms with Gasteiger partial charge in [0.15, 0.2) is 0 Å². The van der Waals surface area contributed by atoms with E-state index >= 15 is 0 Å². The third-order valence-corrected chi connectivity index (χ3v) is 3.77. The van der Waals surface area contributed by atoms with Crippen molar-refractivity contribution in [1.82, 2.24) is 0 Å². The van der Waals surface area contributed by atoms with Crippen LogP contribution in [-0.2, 0) is 4.74 Å². The van der Waals surface area contributed by atoms with Crippen molar-refractivity contribution < 1.29 is 4.74 Å². The van der Waals surface area contributed by atoms with Crippen LogP contribution in [-0.4, -0.2) is 17.5 Å². The number of rotatable bonds is 6. The van der Waals surface area contributed by atoms with E-state index < -0.39 is 0 Å². The van der Waals surface area contributed by atoms with Crippen molar-refractivity contribution in [3.05, 3.63) is 35.9 Å². The standard InChI is InChI=1S/C14H21BrO/c1-4-14(2,3)16-11-13(10-15)12-8-6-5-7-9-12/h5-9,13H,4,10-11H2,1-3H3. The molecule has 0 aliphatic rings. The van der Waals surface area contributed by atoms with Crippen molar-refractivity contribution in [2.24, 2.45) is 0 Å². The van der Waals surface area contributed by atoms with Crippen molar-refractivity contribution in [3.8, 4) is 0 Å². The van der Waals surface area contributed by atoms with Gasteiger partial charge < -0.3 is 4.74 Å². The molecule has 0 aliphatic heterocycles. The maximum atomic E-state index is 5.96. The quantitative estimate of drug-likeness (QED) is 0.705. The topological polar surface area (TPSA) is 9.23 Å². The molecule has 16 heavy (non-hydrogen) atoms. The fourth-order valence-corrected chi connectivity index (χ4v) is 1.94. The van der Waals surface area contributed by atoms with Gasteiger partial charge in [0.25, 0.3) is 0 Å².